The van der Waals surface area contributed by atoms with Gasteiger partial charge in [0.15, 0.2) is 0 Å². The molecule has 1 aliphatic heterocycles. The van der Waals surface area contributed by atoms with E-state index < -0.39 is 19.8 Å². The summed E-state index contributed by atoms with van der Waals surface area (Å²) in [4.78, 5) is 13.4. The van der Waals surface area contributed by atoms with Crippen LogP contribution in [-0.2, 0) is 4.74 Å². The van der Waals surface area contributed by atoms with Gasteiger partial charge in [0.1, 0.15) is 13.7 Å². The molecule has 0 aromatic carbocycles. The first-order valence-electron chi connectivity index (χ1n) is 6.67. The average molecular weight is 283 g/mol. The van der Waals surface area contributed by atoms with E-state index in [9.17, 15) is 9.90 Å². The van der Waals surface area contributed by atoms with Gasteiger partial charge in [-0.3, -0.25) is 0 Å². The van der Waals surface area contributed by atoms with Crippen molar-refractivity contribution in [3.05, 3.63) is 0 Å². The maximum Gasteiger partial charge on any atom is 0.410 e. The Morgan fingerprint density at radius 3 is 2.37 bits per heavy atom. The minimum absolute atomic E-state index is 0.153. The van der Waals surface area contributed by atoms with Crippen LogP contribution in [0.3, 0.4) is 0 Å². The standard InChI is InChI=1S/C14H25NO3Si/c1-14(2,3)18-13(17)15-9-11(12(16)10-15)7-8-19(4,5)6/h11-12,16H,9-10H2,1-6H3. The van der Waals surface area contributed by atoms with Gasteiger partial charge in [-0.2, -0.15) is 0 Å². The Morgan fingerprint density at radius 2 is 1.89 bits per heavy atom. The van der Waals surface area contributed by atoms with Crippen molar-refractivity contribution >= 4 is 14.2 Å². The third-order valence-electron chi connectivity index (χ3n) is 2.57. The smallest absolute Gasteiger partial charge is 0.410 e. The number of aliphatic hydroxyl groups is 1. The highest BCUT2D eigenvalue weighted by Gasteiger charge is 2.35. The minimum atomic E-state index is -1.45. The second-order valence-corrected chi connectivity index (χ2v) is 11.8. The number of β-amino-alcohol motifs (C(OH)–C–C–N with tert-alkyl or cyclic N) is 1. The van der Waals surface area contributed by atoms with Crippen molar-refractivity contribution in [2.75, 3.05) is 13.1 Å². The zero-order valence-corrected chi connectivity index (χ0v) is 13.8. The van der Waals surface area contributed by atoms with Gasteiger partial charge in [-0.25, -0.2) is 4.79 Å². The lowest BCUT2D eigenvalue weighted by molar-refractivity contribution is 0.0270. The molecular weight excluding hydrogens is 258 g/mol. The van der Waals surface area contributed by atoms with Crippen molar-refractivity contribution in [2.24, 2.45) is 5.92 Å². The van der Waals surface area contributed by atoms with E-state index >= 15 is 0 Å². The molecule has 5 heteroatoms. The Balaban J connectivity index is 2.64. The summed E-state index contributed by atoms with van der Waals surface area (Å²) in [7, 11) is -1.45. The molecule has 2 atom stereocenters. The average Bonchev–Trinajstić information content (AvgIpc) is 2.53. The molecule has 0 aliphatic carbocycles. The zero-order valence-electron chi connectivity index (χ0n) is 12.8. The molecule has 1 heterocycles. The molecule has 4 nitrogen and oxygen atoms in total. The number of hydrogen-bond donors (Lipinski definition) is 1. The molecule has 108 valence electrons. The van der Waals surface area contributed by atoms with Crippen LogP contribution in [0.25, 0.3) is 0 Å². The summed E-state index contributed by atoms with van der Waals surface area (Å²) in [5.41, 5.74) is 2.74. The van der Waals surface area contributed by atoms with Crippen molar-refractivity contribution in [3.8, 4) is 11.5 Å². The molecule has 1 saturated heterocycles. The molecule has 0 aromatic rings. The van der Waals surface area contributed by atoms with Crippen LogP contribution in [0, 0.1) is 17.4 Å². The number of likely N-dealkylation sites (tertiary alicyclic amines) is 1. The van der Waals surface area contributed by atoms with Crippen molar-refractivity contribution in [1.29, 1.82) is 0 Å². The van der Waals surface area contributed by atoms with Crippen molar-refractivity contribution in [1.82, 2.24) is 4.90 Å². The lowest BCUT2D eigenvalue weighted by Gasteiger charge is -2.24. The highest BCUT2D eigenvalue weighted by atomic mass is 28.3. The predicted octanol–water partition coefficient (Wildman–Crippen LogP) is 2.10. The van der Waals surface area contributed by atoms with Crippen molar-refractivity contribution < 1.29 is 14.6 Å². The summed E-state index contributed by atoms with van der Waals surface area (Å²) in [6.07, 6.45) is -0.944. The Kier molecular flexibility index (Phi) is 4.70. The van der Waals surface area contributed by atoms with Gasteiger partial charge in [-0.05, 0) is 20.8 Å². The van der Waals surface area contributed by atoms with E-state index in [0.717, 1.165) is 0 Å². The molecule has 2 unspecified atom stereocenters. The Hall–Kier alpha value is -0.993. The van der Waals surface area contributed by atoms with Crippen LogP contribution >= 0.6 is 0 Å². The van der Waals surface area contributed by atoms with Gasteiger partial charge in [0.05, 0.1) is 18.6 Å². The van der Waals surface area contributed by atoms with Gasteiger partial charge < -0.3 is 14.7 Å². The number of carbonyl (C=O) groups is 1. The molecule has 0 aromatic heterocycles. The van der Waals surface area contributed by atoms with E-state index in [1.807, 2.05) is 20.8 Å². The fourth-order valence-electron chi connectivity index (χ4n) is 1.71. The first kappa shape index (κ1) is 16.1. The number of aliphatic hydroxyl groups excluding tert-OH is 1. The van der Waals surface area contributed by atoms with Gasteiger partial charge in [0.25, 0.3) is 0 Å². The summed E-state index contributed by atoms with van der Waals surface area (Å²) < 4.78 is 5.30. The zero-order chi connectivity index (χ0) is 14.8. The summed E-state index contributed by atoms with van der Waals surface area (Å²) >= 11 is 0. The van der Waals surface area contributed by atoms with Crippen LogP contribution < -0.4 is 0 Å². The monoisotopic (exact) mass is 283 g/mol. The largest absolute Gasteiger partial charge is 0.444 e. The van der Waals surface area contributed by atoms with Gasteiger partial charge in [-0.15, -0.1) is 11.5 Å². The van der Waals surface area contributed by atoms with Crippen molar-refractivity contribution in [2.45, 2.75) is 52.1 Å². The van der Waals surface area contributed by atoms with Gasteiger partial charge >= 0.3 is 6.09 Å². The van der Waals surface area contributed by atoms with Crippen LogP contribution in [0.4, 0.5) is 4.79 Å². The molecule has 0 bridgehead atoms. The maximum absolute atomic E-state index is 11.9. The molecule has 0 spiro atoms. The number of nitrogens with zero attached hydrogens (tertiary/aromatic N) is 1. The van der Waals surface area contributed by atoms with E-state index in [4.69, 9.17) is 4.74 Å². The number of ether oxygens (including phenoxy) is 1. The Morgan fingerprint density at radius 1 is 1.32 bits per heavy atom. The SMILES string of the molecule is CC(C)(C)OC(=O)N1CC(O)C(C#C[Si](C)(C)C)C1. The third kappa shape index (κ3) is 5.66. The predicted molar refractivity (Wildman–Crippen MR) is 78.4 cm³/mol. The topological polar surface area (TPSA) is 49.8 Å². The van der Waals surface area contributed by atoms with Crippen molar-refractivity contribution in [3.63, 3.8) is 0 Å². The number of rotatable bonds is 0. The summed E-state index contributed by atoms with van der Waals surface area (Å²) in [6, 6.07) is 0. The lowest BCUT2D eigenvalue weighted by atomic mass is 10.1. The molecule has 1 N–H and O–H groups in total. The Bertz CT molecular complexity index is 398. The molecule has 0 saturated carbocycles. The number of amides is 1. The third-order valence-corrected chi connectivity index (χ3v) is 3.47. The number of carbonyl (C=O) groups excluding carboxylic acids is 1. The highest BCUT2D eigenvalue weighted by molar-refractivity contribution is 6.83. The highest BCUT2D eigenvalue weighted by Crippen LogP contribution is 2.19. The molecular formula is C14H25NO3Si. The fraction of sp³-hybridized carbons (Fsp3) is 0.786. The first-order valence-corrected chi connectivity index (χ1v) is 10.2. The second-order valence-electron chi connectivity index (χ2n) is 7.08. The van der Waals surface area contributed by atoms with E-state index in [0.29, 0.717) is 13.1 Å². The minimum Gasteiger partial charge on any atom is -0.444 e. The van der Waals surface area contributed by atoms with Gasteiger partial charge in [-0.1, -0.05) is 19.6 Å². The molecule has 0 radical (unpaired) electrons. The molecule has 1 aliphatic rings. The van der Waals surface area contributed by atoms with Crippen LogP contribution in [0.1, 0.15) is 20.8 Å². The van der Waals surface area contributed by atoms with E-state index in [2.05, 4.69) is 31.1 Å². The second kappa shape index (κ2) is 5.56. The Labute approximate surface area is 117 Å². The molecule has 19 heavy (non-hydrogen) atoms. The molecule has 1 rings (SSSR count). The maximum atomic E-state index is 11.9. The molecule has 1 amide bonds. The van der Waals surface area contributed by atoms with Gasteiger partial charge in [0.2, 0.25) is 0 Å². The quantitative estimate of drug-likeness (QED) is 0.547. The first-order chi connectivity index (χ1) is 8.48. The normalized spacial score (nSPS) is 23.8. The van der Waals surface area contributed by atoms with Crippen LogP contribution in [0.2, 0.25) is 19.6 Å². The van der Waals surface area contributed by atoms with Crippen LogP contribution in [-0.4, -0.2) is 49.0 Å². The van der Waals surface area contributed by atoms with Crippen LogP contribution in [0.5, 0.6) is 0 Å². The van der Waals surface area contributed by atoms with E-state index in [1.165, 1.54) is 0 Å². The van der Waals surface area contributed by atoms with E-state index in [1.54, 1.807) is 4.90 Å². The van der Waals surface area contributed by atoms with E-state index in [-0.39, 0.29) is 12.0 Å². The summed E-state index contributed by atoms with van der Waals surface area (Å²) in [6.45, 7) is 12.7. The summed E-state index contributed by atoms with van der Waals surface area (Å²) in [5.74, 6) is 2.98. The van der Waals surface area contributed by atoms with Gasteiger partial charge in [0, 0.05) is 6.54 Å². The lowest BCUT2D eigenvalue weighted by Crippen LogP contribution is -2.35. The summed E-state index contributed by atoms with van der Waals surface area (Å²) in [5, 5.41) is 9.97. The molecule has 1 fully saturated rings. The van der Waals surface area contributed by atoms with Crippen LogP contribution in [0.15, 0.2) is 0 Å². The number of hydrogen-bond acceptors (Lipinski definition) is 3. The fourth-order valence-corrected chi connectivity index (χ4v) is 2.33.